The number of pyridine rings is 1. The molecule has 13 heavy (non-hydrogen) atoms. The lowest BCUT2D eigenvalue weighted by Crippen LogP contribution is -2.05. The molecule has 0 spiro atoms. The number of terminal acetylenes is 1. The molecule has 3 heteroatoms. The van der Waals surface area contributed by atoms with Crippen molar-refractivity contribution < 1.29 is 9.53 Å². The van der Waals surface area contributed by atoms with Gasteiger partial charge in [-0.15, -0.1) is 6.42 Å². The number of esters is 1. The van der Waals surface area contributed by atoms with Crippen molar-refractivity contribution in [1.29, 1.82) is 0 Å². The van der Waals surface area contributed by atoms with Crippen LogP contribution in [0.1, 0.15) is 19.0 Å². The van der Waals surface area contributed by atoms with Gasteiger partial charge in [-0.3, -0.25) is 4.79 Å². The SMILES string of the molecule is C#Cc1ccc(OC(=O)CC)cn1. The standard InChI is InChI=1S/C10H9NO2/c1-3-8-5-6-9(7-11-8)13-10(12)4-2/h1,5-7H,4H2,2H3. The number of hydrogen-bond acceptors (Lipinski definition) is 3. The highest BCUT2D eigenvalue weighted by molar-refractivity contribution is 5.71. The number of aromatic nitrogens is 1. The van der Waals surface area contributed by atoms with Crippen LogP contribution < -0.4 is 4.74 Å². The molecule has 1 rings (SSSR count). The third-order valence-electron chi connectivity index (χ3n) is 1.40. The molecule has 0 unspecified atom stereocenters. The molecular weight excluding hydrogens is 166 g/mol. The van der Waals surface area contributed by atoms with Crippen LogP contribution in [0.4, 0.5) is 0 Å². The van der Waals surface area contributed by atoms with Crippen LogP contribution >= 0.6 is 0 Å². The molecule has 0 atom stereocenters. The lowest BCUT2D eigenvalue weighted by molar-refractivity contribution is -0.134. The van der Waals surface area contributed by atoms with Gasteiger partial charge in [0.25, 0.3) is 0 Å². The predicted octanol–water partition coefficient (Wildman–Crippen LogP) is 1.38. The fraction of sp³-hybridized carbons (Fsp3) is 0.200. The highest BCUT2D eigenvalue weighted by Crippen LogP contribution is 2.09. The Morgan fingerprint density at radius 1 is 1.69 bits per heavy atom. The van der Waals surface area contributed by atoms with Gasteiger partial charge in [0.15, 0.2) is 0 Å². The Bertz CT molecular complexity index is 335. The van der Waals surface area contributed by atoms with Gasteiger partial charge in [-0.25, -0.2) is 4.98 Å². The van der Waals surface area contributed by atoms with E-state index in [-0.39, 0.29) is 5.97 Å². The minimum absolute atomic E-state index is 0.282. The highest BCUT2D eigenvalue weighted by Gasteiger charge is 2.00. The molecule has 1 aromatic rings. The highest BCUT2D eigenvalue weighted by atomic mass is 16.5. The number of hydrogen-bond donors (Lipinski definition) is 0. The molecule has 0 bridgehead atoms. The van der Waals surface area contributed by atoms with Crippen LogP contribution in [0.3, 0.4) is 0 Å². The third kappa shape index (κ3) is 2.60. The first-order valence-corrected chi connectivity index (χ1v) is 3.89. The first kappa shape index (κ1) is 9.27. The number of rotatable bonds is 2. The molecule has 1 aromatic heterocycles. The monoisotopic (exact) mass is 175 g/mol. The molecule has 0 fully saturated rings. The molecule has 0 amide bonds. The van der Waals surface area contributed by atoms with Crippen molar-refractivity contribution in [2.75, 3.05) is 0 Å². The van der Waals surface area contributed by atoms with E-state index >= 15 is 0 Å². The van der Waals surface area contributed by atoms with E-state index in [1.54, 1.807) is 19.1 Å². The van der Waals surface area contributed by atoms with Crippen molar-refractivity contribution in [2.45, 2.75) is 13.3 Å². The first-order chi connectivity index (χ1) is 6.26. The minimum Gasteiger partial charge on any atom is -0.425 e. The van der Waals surface area contributed by atoms with Crippen LogP contribution in [0.2, 0.25) is 0 Å². The average molecular weight is 175 g/mol. The molecule has 0 aliphatic carbocycles. The number of carbonyl (C=O) groups excluding carboxylic acids is 1. The maximum atomic E-state index is 10.8. The fourth-order valence-electron chi connectivity index (χ4n) is 0.730. The Hall–Kier alpha value is -1.82. The lowest BCUT2D eigenvalue weighted by Gasteiger charge is -2.00. The van der Waals surface area contributed by atoms with Gasteiger partial charge in [0.1, 0.15) is 11.4 Å². The van der Waals surface area contributed by atoms with Crippen molar-refractivity contribution in [3.05, 3.63) is 24.0 Å². The molecule has 0 radical (unpaired) electrons. The van der Waals surface area contributed by atoms with Crippen LogP contribution in [0.15, 0.2) is 18.3 Å². The van der Waals surface area contributed by atoms with Gasteiger partial charge in [-0.2, -0.15) is 0 Å². The summed E-state index contributed by atoms with van der Waals surface area (Å²) in [4.78, 5) is 14.7. The van der Waals surface area contributed by atoms with E-state index in [9.17, 15) is 4.79 Å². The second kappa shape index (κ2) is 4.27. The zero-order valence-corrected chi connectivity index (χ0v) is 7.28. The summed E-state index contributed by atoms with van der Waals surface area (Å²) in [5.74, 6) is 2.51. The van der Waals surface area contributed by atoms with Gasteiger partial charge in [0.2, 0.25) is 0 Å². The van der Waals surface area contributed by atoms with E-state index in [4.69, 9.17) is 11.2 Å². The summed E-state index contributed by atoms with van der Waals surface area (Å²) in [5.41, 5.74) is 0.524. The van der Waals surface area contributed by atoms with E-state index in [2.05, 4.69) is 10.9 Å². The molecule has 0 aliphatic heterocycles. The Balaban J connectivity index is 2.71. The number of nitrogens with zero attached hydrogens (tertiary/aromatic N) is 1. The van der Waals surface area contributed by atoms with Crippen LogP contribution in [0.25, 0.3) is 0 Å². The van der Waals surface area contributed by atoms with E-state index in [1.165, 1.54) is 6.20 Å². The molecule has 0 saturated heterocycles. The van der Waals surface area contributed by atoms with Gasteiger partial charge >= 0.3 is 5.97 Å². The van der Waals surface area contributed by atoms with E-state index in [0.29, 0.717) is 17.9 Å². The maximum absolute atomic E-state index is 10.8. The van der Waals surface area contributed by atoms with Crippen molar-refractivity contribution >= 4 is 5.97 Å². The quantitative estimate of drug-likeness (QED) is 0.503. The summed E-state index contributed by atoms with van der Waals surface area (Å²) in [5, 5.41) is 0. The minimum atomic E-state index is -0.282. The Labute approximate surface area is 76.8 Å². The van der Waals surface area contributed by atoms with Crippen molar-refractivity contribution in [3.63, 3.8) is 0 Å². The summed E-state index contributed by atoms with van der Waals surface area (Å²) < 4.78 is 4.89. The zero-order chi connectivity index (χ0) is 9.68. The summed E-state index contributed by atoms with van der Waals surface area (Å²) in [6.45, 7) is 1.73. The normalized spacial score (nSPS) is 8.92. The maximum Gasteiger partial charge on any atom is 0.310 e. The Morgan fingerprint density at radius 2 is 2.46 bits per heavy atom. The molecule has 0 aliphatic rings. The van der Waals surface area contributed by atoms with Crippen LogP contribution in [0.5, 0.6) is 5.75 Å². The second-order valence-corrected chi connectivity index (χ2v) is 2.35. The van der Waals surface area contributed by atoms with Gasteiger partial charge in [0, 0.05) is 6.42 Å². The molecule has 3 nitrogen and oxygen atoms in total. The smallest absolute Gasteiger partial charge is 0.310 e. The van der Waals surface area contributed by atoms with Crippen molar-refractivity contribution in [3.8, 4) is 18.1 Å². The van der Waals surface area contributed by atoms with E-state index in [1.807, 2.05) is 0 Å². The van der Waals surface area contributed by atoms with Crippen molar-refractivity contribution in [2.24, 2.45) is 0 Å². The van der Waals surface area contributed by atoms with E-state index < -0.39 is 0 Å². The Morgan fingerprint density at radius 3 is 2.92 bits per heavy atom. The largest absolute Gasteiger partial charge is 0.425 e. The zero-order valence-electron chi connectivity index (χ0n) is 7.28. The van der Waals surface area contributed by atoms with Gasteiger partial charge < -0.3 is 4.74 Å². The van der Waals surface area contributed by atoms with E-state index in [0.717, 1.165) is 0 Å². The summed E-state index contributed by atoms with van der Waals surface area (Å²) >= 11 is 0. The van der Waals surface area contributed by atoms with Crippen LogP contribution in [0, 0.1) is 12.3 Å². The topological polar surface area (TPSA) is 39.2 Å². The first-order valence-electron chi connectivity index (χ1n) is 3.89. The number of carbonyl (C=O) groups is 1. The molecule has 0 saturated carbocycles. The molecular formula is C10H9NO2. The fourth-order valence-corrected chi connectivity index (χ4v) is 0.730. The van der Waals surface area contributed by atoms with Gasteiger partial charge in [-0.1, -0.05) is 12.8 Å². The predicted molar refractivity (Wildman–Crippen MR) is 48.1 cm³/mol. The molecule has 66 valence electrons. The van der Waals surface area contributed by atoms with Crippen molar-refractivity contribution in [1.82, 2.24) is 4.98 Å². The second-order valence-electron chi connectivity index (χ2n) is 2.35. The Kier molecular flexibility index (Phi) is 3.04. The number of ether oxygens (including phenoxy) is 1. The van der Waals surface area contributed by atoms with Gasteiger partial charge in [-0.05, 0) is 12.1 Å². The summed E-state index contributed by atoms with van der Waals surface area (Å²) in [6.07, 6.45) is 6.88. The molecule has 1 heterocycles. The lowest BCUT2D eigenvalue weighted by atomic mass is 10.3. The molecule has 0 N–H and O–H groups in total. The summed E-state index contributed by atoms with van der Waals surface area (Å²) in [6, 6.07) is 3.24. The third-order valence-corrected chi connectivity index (χ3v) is 1.40. The average Bonchev–Trinajstić information content (AvgIpc) is 2.19. The van der Waals surface area contributed by atoms with Crippen LogP contribution in [-0.4, -0.2) is 11.0 Å². The van der Waals surface area contributed by atoms with Gasteiger partial charge in [0.05, 0.1) is 6.20 Å². The van der Waals surface area contributed by atoms with Crippen LogP contribution in [-0.2, 0) is 4.79 Å². The molecule has 0 aromatic carbocycles. The summed E-state index contributed by atoms with van der Waals surface area (Å²) in [7, 11) is 0.